The van der Waals surface area contributed by atoms with E-state index in [2.05, 4.69) is 0 Å². The van der Waals surface area contributed by atoms with Crippen LogP contribution in [-0.2, 0) is 11.2 Å². The Labute approximate surface area is 119 Å². The Bertz CT molecular complexity index is 673. The van der Waals surface area contributed by atoms with Crippen LogP contribution in [0, 0.1) is 15.9 Å². The Morgan fingerprint density at radius 3 is 2.48 bits per heavy atom. The fourth-order valence-corrected chi connectivity index (χ4v) is 2.15. The van der Waals surface area contributed by atoms with Crippen LogP contribution in [-0.4, -0.2) is 16.0 Å². The molecule has 1 unspecified atom stereocenters. The highest BCUT2D eigenvalue weighted by atomic mass is 19.1. The Kier molecular flexibility index (Phi) is 4.27. The van der Waals surface area contributed by atoms with E-state index in [1.54, 1.807) is 30.3 Å². The lowest BCUT2D eigenvalue weighted by molar-refractivity contribution is -0.385. The van der Waals surface area contributed by atoms with Crippen molar-refractivity contribution in [1.82, 2.24) is 0 Å². The van der Waals surface area contributed by atoms with Gasteiger partial charge in [0.05, 0.1) is 10.8 Å². The third-order valence-corrected chi connectivity index (χ3v) is 3.14. The van der Waals surface area contributed by atoms with Crippen molar-refractivity contribution in [2.45, 2.75) is 12.3 Å². The number of benzene rings is 2. The molecule has 0 heterocycles. The average molecular weight is 289 g/mol. The van der Waals surface area contributed by atoms with Crippen LogP contribution in [0.4, 0.5) is 10.1 Å². The van der Waals surface area contributed by atoms with Crippen molar-refractivity contribution < 1.29 is 19.2 Å². The van der Waals surface area contributed by atoms with E-state index in [9.17, 15) is 24.4 Å². The quantitative estimate of drug-likeness (QED) is 0.677. The lowest BCUT2D eigenvalue weighted by Crippen LogP contribution is -2.16. The summed E-state index contributed by atoms with van der Waals surface area (Å²) in [7, 11) is 0. The molecule has 0 aliphatic rings. The number of nitro benzene ring substituents is 1. The maximum atomic E-state index is 13.4. The standard InChI is InChI=1S/C15H12FNO4/c16-11-6-7-14(17(20)21)12(9-11)13(15(18)19)8-10-4-2-1-3-5-10/h1-7,9,13H,8H2,(H,18,19). The minimum atomic E-state index is -1.23. The van der Waals surface area contributed by atoms with E-state index in [0.717, 1.165) is 18.2 Å². The number of hydrogen-bond acceptors (Lipinski definition) is 3. The van der Waals surface area contributed by atoms with E-state index in [1.807, 2.05) is 0 Å². The number of hydrogen-bond donors (Lipinski definition) is 1. The van der Waals surface area contributed by atoms with Crippen molar-refractivity contribution in [2.24, 2.45) is 0 Å². The molecule has 0 saturated heterocycles. The molecule has 0 radical (unpaired) electrons. The molecule has 1 N–H and O–H groups in total. The maximum Gasteiger partial charge on any atom is 0.311 e. The predicted octanol–water partition coefficient (Wildman–Crippen LogP) is 3.14. The number of nitrogens with zero attached hydrogens (tertiary/aromatic N) is 1. The summed E-state index contributed by atoms with van der Waals surface area (Å²) in [5, 5.41) is 20.3. The summed E-state index contributed by atoms with van der Waals surface area (Å²) in [6.07, 6.45) is 0.0560. The second-order valence-electron chi connectivity index (χ2n) is 4.54. The van der Waals surface area contributed by atoms with E-state index in [-0.39, 0.29) is 17.7 Å². The highest BCUT2D eigenvalue weighted by molar-refractivity contribution is 5.78. The van der Waals surface area contributed by atoms with Crippen LogP contribution < -0.4 is 0 Å². The molecule has 0 saturated carbocycles. The monoisotopic (exact) mass is 289 g/mol. The number of carboxylic acids is 1. The van der Waals surface area contributed by atoms with Gasteiger partial charge in [0.2, 0.25) is 0 Å². The average Bonchev–Trinajstić information content (AvgIpc) is 2.45. The van der Waals surface area contributed by atoms with Gasteiger partial charge in [-0.3, -0.25) is 14.9 Å². The molecule has 108 valence electrons. The molecular weight excluding hydrogens is 277 g/mol. The van der Waals surface area contributed by atoms with Gasteiger partial charge in [0.1, 0.15) is 5.82 Å². The van der Waals surface area contributed by atoms with Crippen LogP contribution in [0.25, 0.3) is 0 Å². The van der Waals surface area contributed by atoms with Crippen molar-refractivity contribution in [3.05, 3.63) is 75.6 Å². The summed E-state index contributed by atoms with van der Waals surface area (Å²) in [5.74, 6) is -3.11. The van der Waals surface area contributed by atoms with Gasteiger partial charge in [-0.15, -0.1) is 0 Å². The minimum absolute atomic E-state index is 0.0560. The highest BCUT2D eigenvalue weighted by Gasteiger charge is 2.28. The first-order chi connectivity index (χ1) is 9.99. The molecule has 21 heavy (non-hydrogen) atoms. The Morgan fingerprint density at radius 2 is 1.90 bits per heavy atom. The summed E-state index contributed by atoms with van der Waals surface area (Å²) in [5.41, 5.74) is 0.194. The molecule has 0 aliphatic heterocycles. The topological polar surface area (TPSA) is 80.4 Å². The second kappa shape index (κ2) is 6.13. The van der Waals surface area contributed by atoms with E-state index in [0.29, 0.717) is 5.56 Å². The van der Waals surface area contributed by atoms with Gasteiger partial charge in [0.25, 0.3) is 5.69 Å². The van der Waals surface area contributed by atoms with E-state index in [4.69, 9.17) is 0 Å². The molecule has 0 fully saturated rings. The minimum Gasteiger partial charge on any atom is -0.481 e. The van der Waals surface area contributed by atoms with Gasteiger partial charge in [-0.2, -0.15) is 0 Å². The first-order valence-electron chi connectivity index (χ1n) is 6.19. The van der Waals surface area contributed by atoms with Gasteiger partial charge in [0.15, 0.2) is 0 Å². The van der Waals surface area contributed by atoms with Gasteiger partial charge < -0.3 is 5.11 Å². The van der Waals surface area contributed by atoms with Gasteiger partial charge in [0, 0.05) is 11.6 Å². The Balaban J connectivity index is 2.46. The largest absolute Gasteiger partial charge is 0.481 e. The molecule has 0 amide bonds. The van der Waals surface area contributed by atoms with Gasteiger partial charge in [-0.05, 0) is 24.1 Å². The van der Waals surface area contributed by atoms with Crippen molar-refractivity contribution >= 4 is 11.7 Å². The number of aliphatic carboxylic acids is 1. The summed E-state index contributed by atoms with van der Waals surface area (Å²) in [6, 6.07) is 11.6. The van der Waals surface area contributed by atoms with Crippen LogP contribution in [0.1, 0.15) is 17.0 Å². The summed E-state index contributed by atoms with van der Waals surface area (Å²) in [4.78, 5) is 21.7. The van der Waals surface area contributed by atoms with Crippen LogP contribution in [0.15, 0.2) is 48.5 Å². The SMILES string of the molecule is O=C(O)C(Cc1ccccc1)c1cc(F)ccc1[N+](=O)[O-]. The smallest absolute Gasteiger partial charge is 0.311 e. The van der Waals surface area contributed by atoms with E-state index < -0.39 is 22.6 Å². The molecular formula is C15H12FNO4. The van der Waals surface area contributed by atoms with E-state index in [1.165, 1.54) is 0 Å². The molecule has 2 rings (SSSR count). The van der Waals surface area contributed by atoms with Gasteiger partial charge >= 0.3 is 5.97 Å². The zero-order valence-electron chi connectivity index (χ0n) is 10.9. The first-order valence-corrected chi connectivity index (χ1v) is 6.19. The molecule has 6 heteroatoms. The van der Waals surface area contributed by atoms with Crippen molar-refractivity contribution in [3.8, 4) is 0 Å². The zero-order valence-corrected chi connectivity index (χ0v) is 10.9. The maximum absolute atomic E-state index is 13.4. The molecule has 0 aromatic heterocycles. The number of nitro groups is 1. The number of carboxylic acid groups (broad SMARTS) is 1. The molecule has 2 aromatic carbocycles. The summed E-state index contributed by atoms with van der Waals surface area (Å²) >= 11 is 0. The van der Waals surface area contributed by atoms with Crippen LogP contribution in [0.3, 0.4) is 0 Å². The zero-order chi connectivity index (χ0) is 15.4. The number of halogens is 1. The summed E-state index contributed by atoms with van der Waals surface area (Å²) < 4.78 is 13.4. The highest BCUT2D eigenvalue weighted by Crippen LogP contribution is 2.30. The Hall–Kier alpha value is -2.76. The van der Waals surface area contributed by atoms with Gasteiger partial charge in [-0.1, -0.05) is 30.3 Å². The molecule has 2 aromatic rings. The fourth-order valence-electron chi connectivity index (χ4n) is 2.15. The van der Waals surface area contributed by atoms with Crippen molar-refractivity contribution in [1.29, 1.82) is 0 Å². The van der Waals surface area contributed by atoms with Gasteiger partial charge in [-0.25, -0.2) is 4.39 Å². The predicted molar refractivity (Wildman–Crippen MR) is 73.6 cm³/mol. The van der Waals surface area contributed by atoms with Crippen LogP contribution in [0.2, 0.25) is 0 Å². The first kappa shape index (κ1) is 14.6. The molecule has 0 bridgehead atoms. The second-order valence-corrected chi connectivity index (χ2v) is 4.54. The lowest BCUT2D eigenvalue weighted by Gasteiger charge is -2.13. The Morgan fingerprint density at radius 1 is 1.24 bits per heavy atom. The fraction of sp³-hybridized carbons (Fsp3) is 0.133. The van der Waals surface area contributed by atoms with Crippen molar-refractivity contribution in [2.75, 3.05) is 0 Å². The molecule has 5 nitrogen and oxygen atoms in total. The summed E-state index contributed by atoms with van der Waals surface area (Å²) in [6.45, 7) is 0. The molecule has 0 aliphatic carbocycles. The third kappa shape index (κ3) is 3.42. The lowest BCUT2D eigenvalue weighted by atomic mass is 9.91. The van der Waals surface area contributed by atoms with Crippen LogP contribution in [0.5, 0.6) is 0 Å². The van der Waals surface area contributed by atoms with Crippen molar-refractivity contribution in [3.63, 3.8) is 0 Å². The number of carbonyl (C=O) groups is 1. The van der Waals surface area contributed by atoms with Crippen LogP contribution >= 0.6 is 0 Å². The molecule has 1 atom stereocenters. The molecule has 0 spiro atoms. The number of rotatable bonds is 5. The normalized spacial score (nSPS) is 11.9. The van der Waals surface area contributed by atoms with E-state index >= 15 is 0 Å². The third-order valence-electron chi connectivity index (χ3n) is 3.14.